The molecule has 1 aliphatic heterocycles. The summed E-state index contributed by atoms with van der Waals surface area (Å²) in [6.07, 6.45) is 0. The highest BCUT2D eigenvalue weighted by molar-refractivity contribution is 7.09. The van der Waals surface area contributed by atoms with Crippen LogP contribution >= 0.6 is 22.7 Å². The molecule has 35 valence electrons. The molecule has 1 radical (unpaired) electrons. The van der Waals surface area contributed by atoms with Crippen molar-refractivity contribution in [2.45, 2.75) is 17.5 Å². The fraction of sp³-hybridized carbons (Fsp3) is 1.00. The van der Waals surface area contributed by atoms with Crippen LogP contribution in [-0.4, -0.2) is 13.5 Å². The zero-order valence-corrected chi connectivity index (χ0v) is 5.76. The molecular weight excluding hydrogens is 135 g/mol. The van der Waals surface area contributed by atoms with E-state index in [-0.39, 0.29) is 0 Å². The first-order valence-corrected chi connectivity index (χ1v) is 5.29. The largest absolute Gasteiger partial charge is 0.169 e. The van der Waals surface area contributed by atoms with Gasteiger partial charge in [-0.2, -0.15) is 11.1 Å². The number of hydrogen-bond acceptors (Lipinski definition) is 0. The monoisotopic (exact) mass is 139 g/mol. The van der Waals surface area contributed by atoms with Crippen molar-refractivity contribution in [3.8, 4) is 0 Å². The van der Waals surface area contributed by atoms with Crippen molar-refractivity contribution in [2.24, 2.45) is 0 Å². The van der Waals surface area contributed by atoms with Crippen LogP contribution in [0.3, 0.4) is 0 Å². The van der Waals surface area contributed by atoms with Crippen LogP contribution in [0.4, 0.5) is 0 Å². The molecule has 1 fully saturated rings. The van der Waals surface area contributed by atoms with Gasteiger partial charge in [0.25, 0.3) is 0 Å². The summed E-state index contributed by atoms with van der Waals surface area (Å²) in [6, 6.07) is 2.21. The highest BCUT2D eigenvalue weighted by Gasteiger charge is 2.26. The Kier molecular flexibility index (Phi) is 1.42. The molecule has 1 heterocycles. The topological polar surface area (TPSA) is 0 Å². The maximum atomic E-state index is 5.66. The second kappa shape index (κ2) is 1.72. The first-order chi connectivity index (χ1) is 2.79. The Morgan fingerprint density at radius 2 is 2.00 bits per heavy atom. The predicted molar refractivity (Wildman–Crippen MR) is 30.9 cm³/mol. The van der Waals surface area contributed by atoms with Gasteiger partial charge in [0.15, 0.2) is 8.11 Å². The highest BCUT2D eigenvalue weighted by atomic mass is 35.6. The fourth-order valence-corrected chi connectivity index (χ4v) is 3.97. The molecule has 0 N–H and O–H groups in total. The molecule has 0 saturated carbocycles. The third kappa shape index (κ3) is 0.894. The number of hydrogen-bond donors (Lipinski definition) is 0. The minimum Gasteiger partial charge on any atom is -0.169 e. The molecule has 0 aromatic rings. The standard InChI is InChI=1S/C3H5Cl2Si/c4-3-1-6(5)2-3/h3H,1-2H2. The molecule has 0 spiro atoms. The van der Waals surface area contributed by atoms with Gasteiger partial charge in [0.05, 0.1) is 0 Å². The lowest BCUT2D eigenvalue weighted by atomic mass is 10.5. The van der Waals surface area contributed by atoms with Crippen LogP contribution in [0.2, 0.25) is 12.1 Å². The van der Waals surface area contributed by atoms with Crippen LogP contribution in [0, 0.1) is 0 Å². The summed E-state index contributed by atoms with van der Waals surface area (Å²) >= 11 is 11.2. The lowest BCUT2D eigenvalue weighted by Gasteiger charge is -2.21. The van der Waals surface area contributed by atoms with Gasteiger partial charge in [0, 0.05) is 5.38 Å². The number of rotatable bonds is 0. The van der Waals surface area contributed by atoms with Gasteiger partial charge in [-0.05, 0) is 12.1 Å². The summed E-state index contributed by atoms with van der Waals surface area (Å²) in [6.45, 7) is 0. The van der Waals surface area contributed by atoms with E-state index in [1.807, 2.05) is 0 Å². The average molecular weight is 140 g/mol. The van der Waals surface area contributed by atoms with Crippen molar-refractivity contribution in [3.63, 3.8) is 0 Å². The first kappa shape index (κ1) is 4.94. The third-order valence-corrected chi connectivity index (χ3v) is 4.51. The SMILES string of the molecule is ClC1C[Si](Cl)C1. The molecule has 0 aliphatic carbocycles. The Morgan fingerprint density at radius 3 is 2.00 bits per heavy atom. The van der Waals surface area contributed by atoms with E-state index in [4.69, 9.17) is 22.7 Å². The molecule has 1 saturated heterocycles. The maximum Gasteiger partial charge on any atom is 0.168 e. The molecule has 0 aromatic heterocycles. The fourth-order valence-electron chi connectivity index (χ4n) is 0.421. The Morgan fingerprint density at radius 1 is 1.50 bits per heavy atom. The molecule has 3 heteroatoms. The highest BCUT2D eigenvalue weighted by Crippen LogP contribution is 2.28. The normalized spacial score (nSPS) is 27.0. The van der Waals surface area contributed by atoms with Gasteiger partial charge >= 0.3 is 0 Å². The minimum atomic E-state index is -0.402. The van der Waals surface area contributed by atoms with Crippen LogP contribution in [0.15, 0.2) is 0 Å². The van der Waals surface area contributed by atoms with Crippen LogP contribution in [0.5, 0.6) is 0 Å². The summed E-state index contributed by atoms with van der Waals surface area (Å²) in [7, 11) is -0.402. The van der Waals surface area contributed by atoms with E-state index in [0.717, 1.165) is 12.1 Å². The quantitative estimate of drug-likeness (QED) is 0.273. The van der Waals surface area contributed by atoms with Crippen molar-refractivity contribution in [1.82, 2.24) is 0 Å². The van der Waals surface area contributed by atoms with E-state index >= 15 is 0 Å². The van der Waals surface area contributed by atoms with E-state index < -0.39 is 8.11 Å². The predicted octanol–water partition coefficient (Wildman–Crippen LogP) is 1.84. The average Bonchev–Trinajstić information content (AvgIpc) is 1.33. The molecule has 1 aliphatic rings. The lowest BCUT2D eigenvalue weighted by molar-refractivity contribution is 0.972. The van der Waals surface area contributed by atoms with Gasteiger partial charge in [0.1, 0.15) is 0 Å². The summed E-state index contributed by atoms with van der Waals surface area (Å²) in [4.78, 5) is 0. The zero-order valence-electron chi connectivity index (χ0n) is 3.25. The second-order valence-corrected chi connectivity index (χ2v) is 5.59. The Hall–Kier alpha value is 0.797. The lowest BCUT2D eigenvalue weighted by Crippen LogP contribution is -2.25. The Labute approximate surface area is 48.8 Å². The van der Waals surface area contributed by atoms with Crippen molar-refractivity contribution in [3.05, 3.63) is 0 Å². The maximum absolute atomic E-state index is 5.66. The van der Waals surface area contributed by atoms with Crippen molar-refractivity contribution < 1.29 is 0 Å². The summed E-state index contributed by atoms with van der Waals surface area (Å²) < 4.78 is 0. The molecular formula is C3H5Cl2Si. The minimum absolute atomic E-state index is 0.402. The van der Waals surface area contributed by atoms with Crippen molar-refractivity contribution in [2.75, 3.05) is 0 Å². The molecule has 1 rings (SSSR count). The summed E-state index contributed by atoms with van der Waals surface area (Å²) in [5.74, 6) is 0. The van der Waals surface area contributed by atoms with Gasteiger partial charge < -0.3 is 0 Å². The van der Waals surface area contributed by atoms with E-state index in [1.165, 1.54) is 0 Å². The second-order valence-electron chi connectivity index (χ2n) is 1.52. The first-order valence-electron chi connectivity index (χ1n) is 1.93. The van der Waals surface area contributed by atoms with E-state index in [2.05, 4.69) is 0 Å². The van der Waals surface area contributed by atoms with Crippen molar-refractivity contribution in [1.29, 1.82) is 0 Å². The van der Waals surface area contributed by atoms with Gasteiger partial charge in [-0.25, -0.2) is 0 Å². The Balaban J connectivity index is 2.11. The van der Waals surface area contributed by atoms with Crippen LogP contribution in [0.25, 0.3) is 0 Å². The van der Waals surface area contributed by atoms with E-state index in [1.54, 1.807) is 0 Å². The molecule has 0 amide bonds. The van der Waals surface area contributed by atoms with Gasteiger partial charge in [-0.1, -0.05) is 0 Å². The molecule has 0 atom stereocenters. The van der Waals surface area contributed by atoms with Gasteiger partial charge in [-0.15, -0.1) is 11.6 Å². The molecule has 0 unspecified atom stereocenters. The van der Waals surface area contributed by atoms with E-state index in [9.17, 15) is 0 Å². The van der Waals surface area contributed by atoms with Crippen molar-refractivity contribution >= 4 is 30.8 Å². The number of alkyl halides is 1. The van der Waals surface area contributed by atoms with Gasteiger partial charge in [0.2, 0.25) is 0 Å². The smallest absolute Gasteiger partial charge is 0.168 e. The van der Waals surface area contributed by atoms with Crippen LogP contribution in [-0.2, 0) is 0 Å². The number of halogens is 2. The summed E-state index contributed by atoms with van der Waals surface area (Å²) in [5, 5.41) is 0.427. The van der Waals surface area contributed by atoms with Crippen LogP contribution < -0.4 is 0 Å². The molecule has 0 nitrogen and oxygen atoms in total. The third-order valence-electron chi connectivity index (χ3n) is 0.886. The van der Waals surface area contributed by atoms with Crippen LogP contribution in [0.1, 0.15) is 0 Å². The molecule has 0 aromatic carbocycles. The van der Waals surface area contributed by atoms with Gasteiger partial charge in [-0.3, -0.25) is 0 Å². The molecule has 0 bridgehead atoms. The summed E-state index contributed by atoms with van der Waals surface area (Å²) in [5.41, 5.74) is 0. The van der Waals surface area contributed by atoms with E-state index in [0.29, 0.717) is 5.38 Å². The Bertz CT molecular complexity index is 44.8. The zero-order chi connectivity index (χ0) is 4.57. The molecule has 6 heavy (non-hydrogen) atoms.